The molecule has 0 spiro atoms. The third-order valence-electron chi connectivity index (χ3n) is 7.04. The first-order valence-electron chi connectivity index (χ1n) is 10.5. The van der Waals surface area contributed by atoms with Crippen LogP contribution < -0.4 is 10.2 Å². The van der Waals surface area contributed by atoms with E-state index in [1.54, 1.807) is 18.2 Å². The lowest BCUT2D eigenvalue weighted by Gasteiger charge is -2.34. The number of imide groups is 1. The lowest BCUT2D eigenvalue weighted by atomic mass is 9.84. The second-order valence-electron chi connectivity index (χ2n) is 8.90. The molecule has 2 fully saturated rings. The van der Waals surface area contributed by atoms with Gasteiger partial charge >= 0.3 is 0 Å². The Balaban J connectivity index is 1.49. The van der Waals surface area contributed by atoms with Crippen LogP contribution in [0.4, 0.5) is 11.4 Å². The highest BCUT2D eigenvalue weighted by Gasteiger charge is 2.87. The number of aryl methyl sites for hydroxylation is 2. The summed E-state index contributed by atoms with van der Waals surface area (Å²) < 4.78 is -2.00. The van der Waals surface area contributed by atoms with Gasteiger partial charge < -0.3 is 5.32 Å². The largest absolute Gasteiger partial charge is 0.322 e. The van der Waals surface area contributed by atoms with Crippen LogP contribution in [0.15, 0.2) is 52.5 Å². The third kappa shape index (κ3) is 3.06. The van der Waals surface area contributed by atoms with Crippen LogP contribution in [-0.2, 0) is 9.59 Å². The van der Waals surface area contributed by atoms with Gasteiger partial charge in [-0.3, -0.25) is 14.4 Å². The number of hydrogen-bond donors (Lipinski definition) is 1. The molecule has 1 saturated heterocycles. The van der Waals surface area contributed by atoms with E-state index in [1.165, 1.54) is 12.1 Å². The van der Waals surface area contributed by atoms with Crippen LogP contribution in [0.2, 0.25) is 0 Å². The van der Waals surface area contributed by atoms with Crippen molar-refractivity contribution in [3.63, 3.8) is 0 Å². The molecule has 5 rings (SSSR count). The fourth-order valence-corrected chi connectivity index (χ4v) is 7.99. The summed E-state index contributed by atoms with van der Waals surface area (Å²) in [5.41, 5.74) is 3.14. The molecule has 1 N–H and O–H groups in total. The quantitative estimate of drug-likeness (QED) is 0.326. The van der Waals surface area contributed by atoms with E-state index in [9.17, 15) is 14.4 Å². The number of alkyl halides is 4. The van der Waals surface area contributed by atoms with Gasteiger partial charge in [-0.2, -0.15) is 0 Å². The molecular weight excluding hydrogens is 577 g/mol. The molecular formula is C24H16Cl6N2O3. The Labute approximate surface area is 231 Å². The van der Waals surface area contributed by atoms with E-state index in [0.717, 1.165) is 16.0 Å². The molecule has 2 bridgehead atoms. The van der Waals surface area contributed by atoms with Crippen LogP contribution in [0.5, 0.6) is 0 Å². The number of benzene rings is 2. The standard InChI is InChI=1S/C24H16Cl6N2O3/c1-10-6-7-13(8-11(10)2)31-19(33)12-4-3-5-14(9-12)32-20(34)15-16(21(32)35)23(28)18(26)17(25)22(15,27)24(23,29)30/h3-9,15-16H,1-2H3,(H,31,33)/t15-,16-,22+,23+/m0/s1. The number of nitrogens with zero attached hydrogens (tertiary/aromatic N) is 1. The van der Waals surface area contributed by atoms with Crippen molar-refractivity contribution in [2.24, 2.45) is 11.8 Å². The molecule has 3 amide bonds. The van der Waals surface area contributed by atoms with E-state index in [-0.39, 0.29) is 21.3 Å². The fraction of sp³-hybridized carbons (Fsp3) is 0.292. The maximum absolute atomic E-state index is 13.5. The Kier molecular flexibility index (Phi) is 5.77. The highest BCUT2D eigenvalue weighted by atomic mass is 35.5. The first-order chi connectivity index (χ1) is 16.3. The van der Waals surface area contributed by atoms with Crippen LogP contribution >= 0.6 is 69.6 Å². The highest BCUT2D eigenvalue weighted by molar-refractivity contribution is 6.67. The average molecular weight is 593 g/mol. The number of nitrogens with one attached hydrogen (secondary N) is 1. The predicted octanol–water partition coefficient (Wildman–Crippen LogP) is 6.51. The van der Waals surface area contributed by atoms with Gasteiger partial charge in [-0.1, -0.05) is 58.5 Å². The van der Waals surface area contributed by atoms with Crippen molar-refractivity contribution in [1.29, 1.82) is 0 Å². The third-order valence-corrected chi connectivity index (χ3v) is 11.3. The highest BCUT2D eigenvalue weighted by Crippen LogP contribution is 2.77. The molecule has 11 heteroatoms. The van der Waals surface area contributed by atoms with E-state index < -0.39 is 43.6 Å². The molecule has 2 aromatic rings. The topological polar surface area (TPSA) is 66.5 Å². The van der Waals surface area contributed by atoms with E-state index in [4.69, 9.17) is 69.6 Å². The van der Waals surface area contributed by atoms with Crippen LogP contribution in [0.1, 0.15) is 21.5 Å². The maximum atomic E-state index is 13.5. The van der Waals surface area contributed by atoms with Gasteiger partial charge in [-0.15, -0.1) is 23.2 Å². The summed E-state index contributed by atoms with van der Waals surface area (Å²) >= 11 is 39.2. The van der Waals surface area contributed by atoms with Crippen molar-refractivity contribution in [2.45, 2.75) is 27.9 Å². The molecule has 35 heavy (non-hydrogen) atoms. The van der Waals surface area contributed by atoms with Crippen LogP contribution in [0.25, 0.3) is 0 Å². The molecule has 0 radical (unpaired) electrons. The molecule has 0 unspecified atom stereocenters. The number of rotatable bonds is 3. The molecule has 5 nitrogen and oxygen atoms in total. The van der Waals surface area contributed by atoms with Gasteiger partial charge in [-0.05, 0) is 55.3 Å². The normalized spacial score (nSPS) is 30.8. The minimum Gasteiger partial charge on any atom is -0.322 e. The van der Waals surface area contributed by atoms with Crippen molar-refractivity contribution < 1.29 is 14.4 Å². The van der Waals surface area contributed by atoms with Crippen molar-refractivity contribution in [2.75, 3.05) is 10.2 Å². The monoisotopic (exact) mass is 590 g/mol. The zero-order chi connectivity index (χ0) is 25.7. The lowest BCUT2D eigenvalue weighted by molar-refractivity contribution is -0.123. The molecule has 1 heterocycles. The molecule has 2 aromatic carbocycles. The van der Waals surface area contributed by atoms with Gasteiger partial charge in [0.2, 0.25) is 11.8 Å². The molecule has 2 aliphatic carbocycles. The number of carbonyl (C=O) groups is 3. The number of fused-ring (bicyclic) bond motifs is 5. The van der Waals surface area contributed by atoms with E-state index in [1.807, 2.05) is 26.0 Å². The Bertz CT molecular complexity index is 1330. The Morgan fingerprint density at radius 3 is 1.97 bits per heavy atom. The number of carbonyl (C=O) groups excluding carboxylic acids is 3. The number of allylic oxidation sites excluding steroid dienone is 2. The van der Waals surface area contributed by atoms with Crippen molar-refractivity contribution in [3.8, 4) is 0 Å². The van der Waals surface area contributed by atoms with Crippen LogP contribution in [0, 0.1) is 25.7 Å². The molecule has 3 aliphatic rings. The van der Waals surface area contributed by atoms with Crippen molar-refractivity contribution in [3.05, 3.63) is 69.2 Å². The van der Waals surface area contributed by atoms with Gasteiger partial charge in [0.25, 0.3) is 5.91 Å². The summed E-state index contributed by atoms with van der Waals surface area (Å²) in [5.74, 6) is -4.26. The Morgan fingerprint density at radius 2 is 1.43 bits per heavy atom. The second-order valence-corrected chi connectivity index (χ2v) is 12.2. The van der Waals surface area contributed by atoms with Crippen LogP contribution in [0.3, 0.4) is 0 Å². The van der Waals surface area contributed by atoms with Crippen molar-refractivity contribution in [1.82, 2.24) is 0 Å². The maximum Gasteiger partial charge on any atom is 0.255 e. The van der Waals surface area contributed by atoms with Gasteiger partial charge in [0, 0.05) is 11.3 Å². The van der Waals surface area contributed by atoms with E-state index in [0.29, 0.717) is 5.69 Å². The van der Waals surface area contributed by atoms with E-state index >= 15 is 0 Å². The molecule has 0 aromatic heterocycles. The minimum absolute atomic E-state index is 0.161. The number of anilines is 2. The predicted molar refractivity (Wildman–Crippen MR) is 140 cm³/mol. The first-order valence-corrected chi connectivity index (χ1v) is 12.7. The molecule has 4 atom stereocenters. The van der Waals surface area contributed by atoms with Gasteiger partial charge in [0.15, 0.2) is 4.33 Å². The summed E-state index contributed by atoms with van der Waals surface area (Å²) in [6.45, 7) is 3.91. The summed E-state index contributed by atoms with van der Waals surface area (Å²) in [5, 5.41) is 2.50. The number of halogens is 6. The second kappa shape index (κ2) is 8.01. The fourth-order valence-electron chi connectivity index (χ4n) is 5.06. The zero-order valence-corrected chi connectivity index (χ0v) is 22.7. The molecule has 1 aliphatic heterocycles. The van der Waals surface area contributed by atoms with E-state index in [2.05, 4.69) is 5.32 Å². The smallest absolute Gasteiger partial charge is 0.255 e. The average Bonchev–Trinajstić information content (AvgIpc) is 3.20. The number of hydrogen-bond acceptors (Lipinski definition) is 3. The first kappa shape index (κ1) is 25.2. The van der Waals surface area contributed by atoms with Gasteiger partial charge in [-0.25, -0.2) is 4.90 Å². The lowest BCUT2D eigenvalue weighted by Crippen LogP contribution is -2.50. The summed E-state index contributed by atoms with van der Waals surface area (Å²) in [4.78, 5) is 37.1. The number of amides is 3. The van der Waals surface area contributed by atoms with Crippen LogP contribution in [-0.4, -0.2) is 31.8 Å². The summed E-state index contributed by atoms with van der Waals surface area (Å²) in [6, 6.07) is 11.6. The Morgan fingerprint density at radius 1 is 0.857 bits per heavy atom. The van der Waals surface area contributed by atoms with Crippen molar-refractivity contribution >= 4 is 98.7 Å². The van der Waals surface area contributed by atoms with Gasteiger partial charge in [0.05, 0.1) is 27.6 Å². The van der Waals surface area contributed by atoms with Gasteiger partial charge in [0.1, 0.15) is 9.75 Å². The summed E-state index contributed by atoms with van der Waals surface area (Å²) in [6.07, 6.45) is 0. The SMILES string of the molecule is Cc1ccc(NC(=O)c2cccc(N3C(=O)[C@@H]4[C@@H](C3=O)[C@@]3(Cl)C(Cl)=C(Cl)[C@@]4(Cl)C3(Cl)Cl)c2)cc1C. The zero-order valence-electron chi connectivity index (χ0n) is 18.1. The molecule has 182 valence electrons. The summed E-state index contributed by atoms with van der Waals surface area (Å²) in [7, 11) is 0. The Hall–Kier alpha value is -1.47. The molecule has 1 saturated carbocycles. The minimum atomic E-state index is -2.00.